The second-order valence-corrected chi connectivity index (χ2v) is 7.17. The number of carboxylic acid groups (broad SMARTS) is 2. The molecule has 0 aliphatic rings. The van der Waals surface area contributed by atoms with Gasteiger partial charge in [0.2, 0.25) is 0 Å². The second kappa shape index (κ2) is 32.4. The van der Waals surface area contributed by atoms with Crippen molar-refractivity contribution in [3.8, 4) is 0 Å². The van der Waals surface area contributed by atoms with Gasteiger partial charge in [-0.25, -0.2) is 0 Å². The molecule has 34 heavy (non-hydrogen) atoms. The van der Waals surface area contributed by atoms with Gasteiger partial charge >= 0.3 is 71.1 Å². The third-order valence-corrected chi connectivity index (χ3v) is 4.11. The van der Waals surface area contributed by atoms with E-state index >= 15 is 0 Å². The number of unbranched alkanes of at least 4 members (excludes halogenated alkanes) is 8. The fourth-order valence-corrected chi connectivity index (χ4v) is 2.29. The van der Waals surface area contributed by atoms with E-state index in [9.17, 15) is 29.4 Å². The molecule has 0 atom stereocenters. The topological polar surface area (TPSA) is 133 Å². The molecule has 0 saturated heterocycles. The van der Waals surface area contributed by atoms with Gasteiger partial charge in [0.25, 0.3) is 0 Å². The fourth-order valence-electron chi connectivity index (χ4n) is 2.29. The summed E-state index contributed by atoms with van der Waals surface area (Å²) in [5, 5.41) is 20.1. The number of aliphatic carboxylic acids is 2. The predicted molar refractivity (Wildman–Crippen MR) is 116 cm³/mol. The van der Waals surface area contributed by atoms with Gasteiger partial charge in [-0.2, -0.15) is 0 Å². The summed E-state index contributed by atoms with van der Waals surface area (Å²) in [6.45, 7) is 4.30. The average molecular weight is 501 g/mol. The Balaban J connectivity index is -0.000000250. The van der Waals surface area contributed by atoms with Crippen molar-refractivity contribution in [2.24, 2.45) is 0 Å². The summed E-state index contributed by atoms with van der Waals surface area (Å²) in [5.41, 5.74) is 0. The Labute approximate surface area is 248 Å². The molecule has 0 rings (SSSR count). The number of allylic oxidation sites excluding steroid dienone is 2. The monoisotopic (exact) mass is 500 g/mol. The quantitative estimate of drug-likeness (QED) is 0.0847. The van der Waals surface area contributed by atoms with E-state index in [1.54, 1.807) is 12.2 Å². The summed E-state index contributed by atoms with van der Waals surface area (Å²) < 4.78 is 9.38. The van der Waals surface area contributed by atoms with Crippen LogP contribution in [0.1, 0.15) is 104 Å². The minimum absolute atomic E-state index is 0. The first-order valence-electron chi connectivity index (χ1n) is 11.4. The molecule has 0 aromatic heterocycles. The Kier molecular flexibility index (Phi) is 38.6. The van der Waals surface area contributed by atoms with Gasteiger partial charge in [-0.3, -0.25) is 9.59 Å². The number of hydrogen-bond acceptors (Lipinski definition) is 8. The summed E-state index contributed by atoms with van der Waals surface area (Å²) in [4.78, 5) is 41.9. The predicted octanol–water partition coefficient (Wildman–Crippen LogP) is -2.90. The van der Waals surface area contributed by atoms with Crippen molar-refractivity contribution in [2.75, 3.05) is 0 Å². The van der Waals surface area contributed by atoms with Crippen LogP contribution in [0.15, 0.2) is 24.7 Å². The van der Waals surface area contributed by atoms with Gasteiger partial charge in [0.05, 0.1) is 25.4 Å². The van der Waals surface area contributed by atoms with Gasteiger partial charge in [-0.1, -0.05) is 52.4 Å². The fraction of sp³-hybridized carbons (Fsp3) is 0.667. The first kappa shape index (κ1) is 40.5. The van der Waals surface area contributed by atoms with Crippen LogP contribution in [0.5, 0.6) is 0 Å². The summed E-state index contributed by atoms with van der Waals surface area (Å²) in [7, 11) is 0. The van der Waals surface area contributed by atoms with Crippen molar-refractivity contribution < 1.29 is 98.0 Å². The smallest absolute Gasteiger partial charge is 0.550 e. The zero-order chi connectivity index (χ0) is 24.5. The van der Waals surface area contributed by atoms with Crippen LogP contribution in [0.3, 0.4) is 0 Å². The zero-order valence-electron chi connectivity index (χ0n) is 21.5. The maximum absolute atomic E-state index is 10.9. The number of rotatable bonds is 18. The Morgan fingerprint density at radius 1 is 0.588 bits per heavy atom. The van der Waals surface area contributed by atoms with Crippen LogP contribution >= 0.6 is 0 Å². The molecule has 0 amide bonds. The largest absolute Gasteiger partial charge is 1.00 e. The minimum Gasteiger partial charge on any atom is -0.550 e. The summed E-state index contributed by atoms with van der Waals surface area (Å²) in [6, 6.07) is 0. The van der Waals surface area contributed by atoms with Crippen molar-refractivity contribution in [1.82, 2.24) is 0 Å². The summed E-state index contributed by atoms with van der Waals surface area (Å²) >= 11 is 0. The van der Waals surface area contributed by atoms with Gasteiger partial charge in [0.15, 0.2) is 0 Å². The van der Waals surface area contributed by atoms with E-state index in [-0.39, 0.29) is 84.8 Å². The van der Waals surface area contributed by atoms with Crippen molar-refractivity contribution in [1.29, 1.82) is 0 Å². The van der Waals surface area contributed by atoms with E-state index in [0.29, 0.717) is 0 Å². The number of carbonyl (C=O) groups excluding carboxylic acids is 4. The molecule has 0 aromatic carbocycles. The Morgan fingerprint density at radius 3 is 1.24 bits per heavy atom. The average Bonchev–Trinajstić information content (AvgIpc) is 2.75. The van der Waals surface area contributed by atoms with Crippen LogP contribution in [-0.4, -0.2) is 23.9 Å². The summed E-state index contributed by atoms with van der Waals surface area (Å²) in [5.74, 6) is -3.54. The van der Waals surface area contributed by atoms with E-state index in [1.165, 1.54) is 51.0 Å². The Bertz CT molecular complexity index is 527. The maximum Gasteiger partial charge on any atom is 1.00 e. The molecular weight excluding hydrogens is 462 g/mol. The number of carbonyl (C=O) groups is 4. The first-order chi connectivity index (χ1) is 15.3. The van der Waals surface area contributed by atoms with Gasteiger partial charge < -0.3 is 29.3 Å². The van der Waals surface area contributed by atoms with Crippen LogP contribution in [-0.2, 0) is 28.7 Å². The Hall–Kier alpha value is -0.640. The van der Waals surface area contributed by atoms with Gasteiger partial charge in [-0.15, -0.1) is 0 Å². The van der Waals surface area contributed by atoms with Crippen LogP contribution in [0.2, 0.25) is 0 Å². The van der Waals surface area contributed by atoms with E-state index in [4.69, 9.17) is 0 Å². The van der Waals surface area contributed by atoms with Crippen molar-refractivity contribution in [3.05, 3.63) is 24.7 Å². The van der Waals surface area contributed by atoms with Crippen molar-refractivity contribution in [2.45, 2.75) is 104 Å². The number of hydrogen-bond donors (Lipinski definition) is 0. The molecule has 10 heteroatoms. The third-order valence-electron chi connectivity index (χ3n) is 4.11. The number of esters is 2. The molecule has 0 heterocycles. The van der Waals surface area contributed by atoms with Gasteiger partial charge in [-0.05, 0) is 50.7 Å². The van der Waals surface area contributed by atoms with E-state index in [1.807, 2.05) is 0 Å². The molecule has 0 unspecified atom stereocenters. The molecule has 0 aliphatic heterocycles. The first-order valence-corrected chi connectivity index (χ1v) is 11.4. The van der Waals surface area contributed by atoms with Crippen LogP contribution in [0, 0.1) is 0 Å². The third kappa shape index (κ3) is 38.6. The molecule has 184 valence electrons. The Morgan fingerprint density at radius 2 is 0.941 bits per heavy atom. The van der Waals surface area contributed by atoms with Crippen molar-refractivity contribution in [3.63, 3.8) is 0 Å². The maximum atomic E-state index is 10.9. The molecule has 0 aromatic rings. The molecule has 0 spiro atoms. The zero-order valence-corrected chi connectivity index (χ0v) is 25.5. The number of ether oxygens (including phenoxy) is 2. The number of carboxylic acids is 2. The van der Waals surface area contributed by atoms with Gasteiger partial charge in [0.1, 0.15) is 0 Å². The van der Waals surface area contributed by atoms with Crippen LogP contribution in [0.25, 0.3) is 0 Å². The molecule has 8 nitrogen and oxygen atoms in total. The minimum atomic E-state index is -1.24. The second-order valence-electron chi connectivity index (χ2n) is 7.17. The van der Waals surface area contributed by atoms with Crippen molar-refractivity contribution >= 4 is 23.9 Å². The molecule has 0 radical (unpaired) electrons. The summed E-state index contributed by atoms with van der Waals surface area (Å²) in [6.07, 6.45) is 16.5. The van der Waals surface area contributed by atoms with Crippen LogP contribution in [0.4, 0.5) is 0 Å². The molecule has 0 aliphatic carbocycles. The SMILES string of the molecule is CCCCCCC=COC(=O)CCC(=O)[O-].CCCCCCC=COC(=O)CCC(=O)[O-].[Na+].[Na+]. The standard InChI is InChI=1S/2C12H20O4.2Na/c2*1-2-3-4-5-6-7-10-16-12(15)9-8-11(13)14;;/h2*7,10H,2-6,8-9H2,1H3,(H,13,14);;/q;;2*+1/p-2. The molecule has 0 bridgehead atoms. The van der Waals surface area contributed by atoms with E-state index < -0.39 is 23.9 Å². The molecular formula is C24H38Na2O8. The van der Waals surface area contributed by atoms with Gasteiger partial charge in [0, 0.05) is 11.9 Å². The molecule has 0 N–H and O–H groups in total. The normalized spacial score (nSPS) is 9.94. The van der Waals surface area contributed by atoms with E-state index in [0.717, 1.165) is 25.7 Å². The molecule has 0 fully saturated rings. The van der Waals surface area contributed by atoms with Crippen LogP contribution < -0.4 is 69.3 Å². The molecule has 0 saturated carbocycles. The van der Waals surface area contributed by atoms with E-state index in [2.05, 4.69) is 23.3 Å².